The fourth-order valence-corrected chi connectivity index (χ4v) is 2.41. The van der Waals surface area contributed by atoms with Crippen molar-refractivity contribution in [1.82, 2.24) is 14.7 Å². The summed E-state index contributed by atoms with van der Waals surface area (Å²) < 4.78 is 7.17. The minimum absolute atomic E-state index is 0.0395. The molecule has 0 fully saturated rings. The van der Waals surface area contributed by atoms with Crippen LogP contribution in [0.5, 0.6) is 0 Å². The van der Waals surface area contributed by atoms with Crippen molar-refractivity contribution < 1.29 is 14.3 Å². The van der Waals surface area contributed by atoms with Gasteiger partial charge >= 0.3 is 0 Å². The van der Waals surface area contributed by atoms with Gasteiger partial charge in [0.05, 0.1) is 12.7 Å². The molecule has 0 aliphatic heterocycles. The number of nitrogens with one attached hydrogen (secondary N) is 1. The maximum absolute atomic E-state index is 12.4. The summed E-state index contributed by atoms with van der Waals surface area (Å²) in [5.41, 5.74) is 0.882. The van der Waals surface area contributed by atoms with E-state index in [1.807, 2.05) is 25.3 Å². The normalized spacial score (nSPS) is 13.9. The lowest BCUT2D eigenvalue weighted by atomic mass is 10.0. The van der Waals surface area contributed by atoms with E-state index in [9.17, 15) is 9.90 Å². The summed E-state index contributed by atoms with van der Waals surface area (Å²) in [6.07, 6.45) is 3.38. The number of hydrogen-bond donors (Lipinski definition) is 2. The smallest absolute Gasteiger partial charge is 0.270 e. The Labute approximate surface area is 133 Å². The predicted octanol–water partition coefficient (Wildman–Crippen LogP) is 2.18. The minimum atomic E-state index is -1.28. The van der Waals surface area contributed by atoms with Gasteiger partial charge in [-0.3, -0.25) is 9.20 Å². The topological polar surface area (TPSA) is 79.8 Å². The number of imidazole rings is 1. The van der Waals surface area contributed by atoms with Gasteiger partial charge in [-0.1, -0.05) is 6.07 Å². The number of amides is 1. The third kappa shape index (κ3) is 2.98. The van der Waals surface area contributed by atoms with E-state index in [0.29, 0.717) is 22.9 Å². The van der Waals surface area contributed by atoms with Crippen molar-refractivity contribution in [3.8, 4) is 0 Å². The quantitative estimate of drug-likeness (QED) is 0.774. The molecule has 3 aromatic rings. The number of aliphatic hydroxyl groups is 1. The highest BCUT2D eigenvalue weighted by atomic mass is 16.4. The van der Waals surface area contributed by atoms with E-state index in [0.717, 1.165) is 5.56 Å². The Hall–Kier alpha value is -2.60. The Balaban J connectivity index is 1.77. The number of carbonyl (C=O) groups is 1. The van der Waals surface area contributed by atoms with Gasteiger partial charge in [-0.15, -0.1) is 0 Å². The van der Waals surface area contributed by atoms with Gasteiger partial charge in [0.1, 0.15) is 28.5 Å². The Morgan fingerprint density at radius 2 is 2.13 bits per heavy atom. The van der Waals surface area contributed by atoms with Crippen LogP contribution in [0, 0.1) is 13.8 Å². The number of rotatable bonds is 4. The SMILES string of the molecule is Cc1ccc2ncc(C(=O)NCC(C)(O)c3ccc(C)o3)n2c1. The van der Waals surface area contributed by atoms with Crippen LogP contribution in [0.2, 0.25) is 0 Å². The van der Waals surface area contributed by atoms with Crippen LogP contribution in [0.25, 0.3) is 5.65 Å². The summed E-state index contributed by atoms with van der Waals surface area (Å²) in [6.45, 7) is 5.39. The third-order valence-electron chi connectivity index (χ3n) is 3.75. The van der Waals surface area contributed by atoms with Gasteiger partial charge in [-0.25, -0.2) is 4.98 Å². The zero-order chi connectivity index (χ0) is 16.6. The molecular weight excluding hydrogens is 294 g/mol. The van der Waals surface area contributed by atoms with E-state index in [4.69, 9.17) is 4.42 Å². The first-order chi connectivity index (χ1) is 10.9. The molecule has 0 aromatic carbocycles. The molecule has 0 aliphatic carbocycles. The predicted molar refractivity (Wildman–Crippen MR) is 85.3 cm³/mol. The standard InChI is InChI=1S/C17H19N3O3/c1-11-4-7-15-18-8-13(20(15)9-11)16(21)19-10-17(3,22)14-6-5-12(2)23-14/h4-9,22H,10H2,1-3H3,(H,19,21). The van der Waals surface area contributed by atoms with Gasteiger partial charge in [-0.05, 0) is 44.5 Å². The lowest BCUT2D eigenvalue weighted by Gasteiger charge is -2.21. The lowest BCUT2D eigenvalue weighted by Crippen LogP contribution is -2.38. The van der Waals surface area contributed by atoms with Crippen molar-refractivity contribution in [2.24, 2.45) is 0 Å². The molecule has 6 heteroatoms. The average molecular weight is 313 g/mol. The molecule has 3 heterocycles. The van der Waals surface area contributed by atoms with E-state index in [1.165, 1.54) is 6.20 Å². The van der Waals surface area contributed by atoms with Crippen LogP contribution in [0.15, 0.2) is 41.1 Å². The summed E-state index contributed by atoms with van der Waals surface area (Å²) in [6, 6.07) is 7.28. The third-order valence-corrected chi connectivity index (χ3v) is 3.75. The monoisotopic (exact) mass is 313 g/mol. The van der Waals surface area contributed by atoms with E-state index in [-0.39, 0.29) is 12.5 Å². The number of hydrogen-bond acceptors (Lipinski definition) is 4. The molecule has 3 aromatic heterocycles. The van der Waals surface area contributed by atoms with Gasteiger partial charge < -0.3 is 14.8 Å². The fraction of sp³-hybridized carbons (Fsp3) is 0.294. The van der Waals surface area contributed by atoms with Crippen molar-refractivity contribution in [3.05, 3.63) is 59.4 Å². The molecule has 1 unspecified atom stereocenters. The van der Waals surface area contributed by atoms with E-state index in [2.05, 4.69) is 10.3 Å². The molecule has 6 nitrogen and oxygen atoms in total. The highest BCUT2D eigenvalue weighted by Crippen LogP contribution is 2.22. The highest BCUT2D eigenvalue weighted by molar-refractivity contribution is 5.93. The first kappa shape index (κ1) is 15.3. The maximum atomic E-state index is 12.4. The van der Waals surface area contributed by atoms with Crippen molar-refractivity contribution >= 4 is 11.6 Å². The first-order valence-corrected chi connectivity index (χ1v) is 7.38. The number of pyridine rings is 1. The Morgan fingerprint density at radius 1 is 1.35 bits per heavy atom. The van der Waals surface area contributed by atoms with E-state index >= 15 is 0 Å². The molecule has 0 aliphatic rings. The Kier molecular flexibility index (Phi) is 3.69. The average Bonchev–Trinajstić information content (AvgIpc) is 3.11. The van der Waals surface area contributed by atoms with Gasteiger partial charge in [-0.2, -0.15) is 0 Å². The second-order valence-electron chi connectivity index (χ2n) is 5.94. The number of aromatic nitrogens is 2. The molecule has 1 atom stereocenters. The summed E-state index contributed by atoms with van der Waals surface area (Å²) >= 11 is 0. The highest BCUT2D eigenvalue weighted by Gasteiger charge is 2.28. The Bertz CT molecular complexity index is 861. The molecule has 3 rings (SSSR count). The number of nitrogens with zero attached hydrogens (tertiary/aromatic N) is 2. The molecule has 0 bridgehead atoms. The van der Waals surface area contributed by atoms with Crippen molar-refractivity contribution in [2.75, 3.05) is 6.54 Å². The van der Waals surface area contributed by atoms with E-state index in [1.54, 1.807) is 30.4 Å². The molecule has 1 amide bonds. The van der Waals surface area contributed by atoms with Crippen LogP contribution < -0.4 is 5.32 Å². The summed E-state index contributed by atoms with van der Waals surface area (Å²) in [5.74, 6) is 0.833. The maximum Gasteiger partial charge on any atom is 0.270 e. The molecule has 23 heavy (non-hydrogen) atoms. The van der Waals surface area contributed by atoms with Crippen LogP contribution in [-0.2, 0) is 5.60 Å². The van der Waals surface area contributed by atoms with Gasteiger partial charge in [0, 0.05) is 6.20 Å². The number of fused-ring (bicyclic) bond motifs is 1. The van der Waals surface area contributed by atoms with Gasteiger partial charge in [0.25, 0.3) is 5.91 Å². The number of aryl methyl sites for hydroxylation is 2. The van der Waals surface area contributed by atoms with Crippen molar-refractivity contribution in [3.63, 3.8) is 0 Å². The zero-order valence-corrected chi connectivity index (χ0v) is 13.3. The first-order valence-electron chi connectivity index (χ1n) is 7.38. The Morgan fingerprint density at radius 3 is 2.83 bits per heavy atom. The molecule has 0 saturated heterocycles. The van der Waals surface area contributed by atoms with Crippen LogP contribution in [0.1, 0.15) is 34.5 Å². The minimum Gasteiger partial charge on any atom is -0.463 e. The molecule has 0 spiro atoms. The molecule has 2 N–H and O–H groups in total. The van der Waals surface area contributed by atoms with Crippen LogP contribution in [0.3, 0.4) is 0 Å². The van der Waals surface area contributed by atoms with Crippen LogP contribution in [-0.4, -0.2) is 26.9 Å². The van der Waals surface area contributed by atoms with Gasteiger partial charge in [0.2, 0.25) is 0 Å². The molecular formula is C17H19N3O3. The molecule has 120 valence electrons. The van der Waals surface area contributed by atoms with Crippen molar-refractivity contribution in [1.29, 1.82) is 0 Å². The molecule has 0 saturated carbocycles. The lowest BCUT2D eigenvalue weighted by molar-refractivity contribution is 0.0322. The fourth-order valence-electron chi connectivity index (χ4n) is 2.41. The van der Waals surface area contributed by atoms with Crippen LogP contribution in [0.4, 0.5) is 0 Å². The summed E-state index contributed by atoms with van der Waals surface area (Å²) in [5, 5.41) is 13.2. The summed E-state index contributed by atoms with van der Waals surface area (Å²) in [4.78, 5) is 16.6. The zero-order valence-electron chi connectivity index (χ0n) is 13.3. The number of furan rings is 1. The van der Waals surface area contributed by atoms with Crippen LogP contribution >= 0.6 is 0 Å². The van der Waals surface area contributed by atoms with Gasteiger partial charge in [0.15, 0.2) is 0 Å². The molecule has 0 radical (unpaired) electrons. The summed E-state index contributed by atoms with van der Waals surface area (Å²) in [7, 11) is 0. The second kappa shape index (κ2) is 5.55. The van der Waals surface area contributed by atoms with E-state index < -0.39 is 5.60 Å². The largest absolute Gasteiger partial charge is 0.463 e. The number of carbonyl (C=O) groups excluding carboxylic acids is 1. The second-order valence-corrected chi connectivity index (χ2v) is 5.94. The van der Waals surface area contributed by atoms with Crippen molar-refractivity contribution in [2.45, 2.75) is 26.4 Å².